The summed E-state index contributed by atoms with van der Waals surface area (Å²) in [5.74, 6) is 1.93. The predicted octanol–water partition coefficient (Wildman–Crippen LogP) is 5.23. The van der Waals surface area contributed by atoms with E-state index in [1.165, 1.54) is 0 Å². The number of nitrogens with zero attached hydrogens (tertiary/aromatic N) is 1. The van der Waals surface area contributed by atoms with Crippen LogP contribution < -0.4 is 4.74 Å². The summed E-state index contributed by atoms with van der Waals surface area (Å²) >= 11 is 6.16. The van der Waals surface area contributed by atoms with Crippen molar-refractivity contribution in [1.82, 2.24) is 4.98 Å². The van der Waals surface area contributed by atoms with Gasteiger partial charge in [0.05, 0.1) is 12.1 Å². The molecular weight excluding hydrogens is 342 g/mol. The first-order valence-electron chi connectivity index (χ1n) is 7.48. The molecule has 0 unspecified atom stereocenters. The number of methoxy groups -OCH3 is 1. The van der Waals surface area contributed by atoms with Gasteiger partial charge in [-0.05, 0) is 48.5 Å². The van der Waals surface area contributed by atoms with Gasteiger partial charge in [0.2, 0.25) is 5.89 Å². The van der Waals surface area contributed by atoms with Crippen molar-refractivity contribution in [3.05, 3.63) is 59.3 Å². The zero-order chi connectivity index (χ0) is 17.4. The maximum absolute atomic E-state index is 10.8. The molecule has 0 radical (unpaired) electrons. The Morgan fingerprint density at radius 1 is 1.04 bits per heavy atom. The molecule has 2 aromatic carbocycles. The van der Waals surface area contributed by atoms with Gasteiger partial charge in [0.1, 0.15) is 17.0 Å². The summed E-state index contributed by atoms with van der Waals surface area (Å²) in [6.45, 7) is 0. The quantitative estimate of drug-likeness (QED) is 0.470. The summed E-state index contributed by atoms with van der Waals surface area (Å²) in [4.78, 5) is 15.3. The summed E-state index contributed by atoms with van der Waals surface area (Å²) in [5, 5.41) is 0.486. The zero-order valence-electron chi connectivity index (χ0n) is 13.2. The highest BCUT2D eigenvalue weighted by Gasteiger charge is 2.12. The number of benzene rings is 2. The van der Waals surface area contributed by atoms with Crippen LogP contribution >= 0.6 is 11.6 Å². The Labute approximate surface area is 147 Å². The van der Waals surface area contributed by atoms with E-state index in [4.69, 9.17) is 25.2 Å². The molecule has 0 amide bonds. The lowest BCUT2D eigenvalue weighted by Crippen LogP contribution is -1.85. The highest BCUT2D eigenvalue weighted by atomic mass is 35.5. The van der Waals surface area contributed by atoms with Crippen molar-refractivity contribution in [2.45, 2.75) is 0 Å². The van der Waals surface area contributed by atoms with Crippen LogP contribution in [0.2, 0.25) is 5.02 Å². The number of oxazole rings is 1. The maximum Gasteiger partial charge on any atom is 0.227 e. The lowest BCUT2D eigenvalue weighted by Gasteiger charge is -2.03. The summed E-state index contributed by atoms with van der Waals surface area (Å²) < 4.78 is 16.4. The first-order chi connectivity index (χ1) is 12.2. The molecular formula is C19H12ClNO4. The molecule has 2 aromatic heterocycles. The third-order valence-electron chi connectivity index (χ3n) is 3.81. The van der Waals surface area contributed by atoms with Crippen molar-refractivity contribution in [3.8, 4) is 28.5 Å². The fourth-order valence-corrected chi connectivity index (χ4v) is 2.83. The van der Waals surface area contributed by atoms with E-state index in [0.717, 1.165) is 11.1 Å². The summed E-state index contributed by atoms with van der Waals surface area (Å²) in [6, 6.07) is 14.2. The minimum atomic E-state index is 0.281. The molecule has 0 saturated heterocycles. The molecule has 0 bridgehead atoms. The fraction of sp³-hybridized carbons (Fsp3) is 0.0526. The topological polar surface area (TPSA) is 65.5 Å². The van der Waals surface area contributed by atoms with Crippen LogP contribution in [-0.4, -0.2) is 18.4 Å². The van der Waals surface area contributed by atoms with Crippen molar-refractivity contribution in [2.75, 3.05) is 7.11 Å². The van der Waals surface area contributed by atoms with Crippen LogP contribution in [0, 0.1) is 0 Å². The third-order valence-corrected chi connectivity index (χ3v) is 4.11. The van der Waals surface area contributed by atoms with Gasteiger partial charge in [0, 0.05) is 11.1 Å². The second-order valence-corrected chi connectivity index (χ2v) is 5.78. The summed E-state index contributed by atoms with van der Waals surface area (Å²) in [6.07, 6.45) is 0.670. The lowest BCUT2D eigenvalue weighted by molar-refractivity contribution is 0.110. The summed E-state index contributed by atoms with van der Waals surface area (Å²) in [5.41, 5.74) is 2.90. The van der Waals surface area contributed by atoms with Gasteiger partial charge in [-0.3, -0.25) is 4.79 Å². The fourth-order valence-electron chi connectivity index (χ4n) is 2.57. The number of ether oxygens (including phenoxy) is 1. The van der Waals surface area contributed by atoms with Crippen LogP contribution in [0.5, 0.6) is 5.75 Å². The Hall–Kier alpha value is -3.05. The second kappa shape index (κ2) is 6.11. The average molecular weight is 354 g/mol. The van der Waals surface area contributed by atoms with Crippen LogP contribution in [0.25, 0.3) is 33.9 Å². The molecule has 2 heterocycles. The largest absolute Gasteiger partial charge is 0.495 e. The van der Waals surface area contributed by atoms with Crippen molar-refractivity contribution in [2.24, 2.45) is 0 Å². The van der Waals surface area contributed by atoms with Gasteiger partial charge in [0.25, 0.3) is 0 Å². The number of carbonyl (C=O) groups excluding carboxylic acids is 1. The molecule has 0 fully saturated rings. The monoisotopic (exact) mass is 353 g/mol. The van der Waals surface area contributed by atoms with Crippen LogP contribution in [0.1, 0.15) is 10.6 Å². The van der Waals surface area contributed by atoms with Crippen LogP contribution in [-0.2, 0) is 0 Å². The molecule has 0 spiro atoms. The minimum absolute atomic E-state index is 0.281. The number of halogens is 1. The first kappa shape index (κ1) is 15.5. The van der Waals surface area contributed by atoms with E-state index >= 15 is 0 Å². The number of aromatic nitrogens is 1. The van der Waals surface area contributed by atoms with Gasteiger partial charge < -0.3 is 13.6 Å². The minimum Gasteiger partial charge on any atom is -0.495 e. The molecule has 6 heteroatoms. The lowest BCUT2D eigenvalue weighted by atomic mass is 10.1. The Bertz CT molecular complexity index is 1080. The highest BCUT2D eigenvalue weighted by molar-refractivity contribution is 6.32. The Morgan fingerprint density at radius 2 is 1.88 bits per heavy atom. The molecule has 0 aliphatic carbocycles. The molecule has 4 rings (SSSR count). The van der Waals surface area contributed by atoms with Gasteiger partial charge in [-0.15, -0.1) is 0 Å². The van der Waals surface area contributed by atoms with Gasteiger partial charge in [-0.25, -0.2) is 4.98 Å². The molecule has 0 atom stereocenters. The van der Waals surface area contributed by atoms with Gasteiger partial charge in [-0.2, -0.15) is 0 Å². The van der Waals surface area contributed by atoms with Gasteiger partial charge in [-0.1, -0.05) is 11.6 Å². The molecule has 0 N–H and O–H groups in total. The average Bonchev–Trinajstić information content (AvgIpc) is 3.27. The SMILES string of the molecule is COc1ccc(-c2nc3cc(-c4ccc(C=O)o4)ccc3o2)cc1Cl. The van der Waals surface area contributed by atoms with Crippen molar-refractivity contribution >= 4 is 29.0 Å². The van der Waals surface area contributed by atoms with Crippen molar-refractivity contribution < 1.29 is 18.4 Å². The molecule has 5 nitrogen and oxygen atoms in total. The van der Waals surface area contributed by atoms with E-state index in [9.17, 15) is 4.79 Å². The number of fused-ring (bicyclic) bond motifs is 1. The number of hydrogen-bond acceptors (Lipinski definition) is 5. The number of rotatable bonds is 4. The standard InChI is InChI=1S/C19H12ClNO4/c1-23-17-5-3-12(8-14(17)20)19-21-15-9-11(2-6-18(15)25-19)16-7-4-13(10-22)24-16/h2-10H,1H3. The van der Waals surface area contributed by atoms with E-state index < -0.39 is 0 Å². The molecule has 0 saturated carbocycles. The van der Waals surface area contributed by atoms with E-state index in [1.54, 1.807) is 31.4 Å². The summed E-state index contributed by atoms with van der Waals surface area (Å²) in [7, 11) is 1.56. The van der Waals surface area contributed by atoms with E-state index in [2.05, 4.69) is 4.98 Å². The van der Waals surface area contributed by atoms with Gasteiger partial charge in [0.15, 0.2) is 17.6 Å². The smallest absolute Gasteiger partial charge is 0.227 e. The number of hydrogen-bond donors (Lipinski definition) is 0. The van der Waals surface area contributed by atoms with Crippen LogP contribution in [0.3, 0.4) is 0 Å². The molecule has 0 aliphatic heterocycles. The van der Waals surface area contributed by atoms with Crippen molar-refractivity contribution in [1.29, 1.82) is 0 Å². The van der Waals surface area contributed by atoms with E-state index in [-0.39, 0.29) is 5.76 Å². The van der Waals surface area contributed by atoms with Crippen LogP contribution in [0.15, 0.2) is 57.4 Å². The van der Waals surface area contributed by atoms with Crippen molar-refractivity contribution in [3.63, 3.8) is 0 Å². The maximum atomic E-state index is 10.8. The molecule has 25 heavy (non-hydrogen) atoms. The Morgan fingerprint density at radius 3 is 2.60 bits per heavy atom. The normalized spacial score (nSPS) is 11.0. The number of carbonyl (C=O) groups is 1. The van der Waals surface area contributed by atoms with Gasteiger partial charge >= 0.3 is 0 Å². The Balaban J connectivity index is 1.75. The highest BCUT2D eigenvalue weighted by Crippen LogP contribution is 2.32. The Kier molecular flexibility index (Phi) is 3.78. The second-order valence-electron chi connectivity index (χ2n) is 5.37. The zero-order valence-corrected chi connectivity index (χ0v) is 13.9. The van der Waals surface area contributed by atoms with Crippen LogP contribution in [0.4, 0.5) is 0 Å². The van der Waals surface area contributed by atoms with E-state index in [0.29, 0.717) is 39.8 Å². The number of aldehydes is 1. The molecule has 124 valence electrons. The van der Waals surface area contributed by atoms with E-state index in [1.807, 2.05) is 24.3 Å². The molecule has 4 aromatic rings. The number of furan rings is 1. The molecule has 0 aliphatic rings. The third kappa shape index (κ3) is 2.79. The predicted molar refractivity (Wildman–Crippen MR) is 94.1 cm³/mol. The first-order valence-corrected chi connectivity index (χ1v) is 7.85.